The fourth-order valence-electron chi connectivity index (χ4n) is 5.32. The van der Waals surface area contributed by atoms with Crippen LogP contribution in [0.3, 0.4) is 0 Å². The van der Waals surface area contributed by atoms with Crippen LogP contribution in [0.4, 0.5) is 4.39 Å². The summed E-state index contributed by atoms with van der Waals surface area (Å²) in [6.07, 6.45) is 9.68. The number of hydrogen-bond donors (Lipinski definition) is 3. The molecule has 32 heavy (non-hydrogen) atoms. The number of rotatable bonds is 11. The van der Waals surface area contributed by atoms with Crippen molar-refractivity contribution in [1.29, 1.82) is 0 Å². The number of halogens is 2. The molecule has 2 aliphatic rings. The van der Waals surface area contributed by atoms with Gasteiger partial charge < -0.3 is 15.3 Å². The van der Waals surface area contributed by atoms with Crippen LogP contribution < -0.4 is 0 Å². The van der Waals surface area contributed by atoms with Gasteiger partial charge in [0.05, 0.1) is 16.5 Å². The first kappa shape index (κ1) is 25.4. The molecular weight excluding hydrogens is 451 g/mol. The fraction of sp³-hybridized carbons (Fsp3) is 0.640. The number of carboxylic acids is 1. The Kier molecular flexibility index (Phi) is 8.96. The Labute approximate surface area is 198 Å². The van der Waals surface area contributed by atoms with Crippen LogP contribution in [0.25, 0.3) is 0 Å². The molecule has 0 bridgehead atoms. The zero-order valence-electron chi connectivity index (χ0n) is 18.5. The minimum atomic E-state index is -1.07. The molecule has 3 rings (SSSR count). The Balaban J connectivity index is 1.58. The van der Waals surface area contributed by atoms with Crippen LogP contribution in [0.15, 0.2) is 36.4 Å². The number of thiophene rings is 1. The highest BCUT2D eigenvalue weighted by atomic mass is 35.5. The summed E-state index contributed by atoms with van der Waals surface area (Å²) < 4.78 is 15.2. The Morgan fingerprint density at radius 2 is 2.16 bits per heavy atom. The molecule has 4 nitrogen and oxygen atoms in total. The molecule has 4 unspecified atom stereocenters. The molecule has 7 heteroatoms. The third kappa shape index (κ3) is 5.64. The lowest BCUT2D eigenvalue weighted by Gasteiger charge is -2.50. The molecule has 0 saturated heterocycles. The predicted molar refractivity (Wildman–Crippen MR) is 127 cm³/mol. The highest BCUT2D eigenvalue weighted by molar-refractivity contribution is 7.16. The van der Waals surface area contributed by atoms with E-state index in [4.69, 9.17) is 16.7 Å². The van der Waals surface area contributed by atoms with Crippen LogP contribution >= 0.6 is 22.9 Å². The molecule has 0 amide bonds. The van der Waals surface area contributed by atoms with Crippen LogP contribution in [0.2, 0.25) is 4.34 Å². The number of aliphatic hydroxyl groups is 2. The molecule has 0 radical (unpaired) electrons. The van der Waals surface area contributed by atoms with E-state index in [2.05, 4.69) is 6.92 Å². The standard InChI is InChI=1S/C25H34ClFO4S/c1-16-13-14-25(16,22-11-12-23(26)32-22)21(29)9-6-8-18-17(19(27)15-20(18)28)7-4-2-3-5-10-24(30)31/h2,4,6,8,11-12,16-21,28-29H,3,5,7,9-10,13-15H2,1H3,(H,30,31)/b4-2-,8-6+/t16?,17-,18-,19?,20-,21?,25?/m1/s1. The van der Waals surface area contributed by atoms with Crippen molar-refractivity contribution in [3.63, 3.8) is 0 Å². The largest absolute Gasteiger partial charge is 0.481 e. The van der Waals surface area contributed by atoms with Crippen molar-refractivity contribution in [2.75, 3.05) is 0 Å². The van der Waals surface area contributed by atoms with Crippen molar-refractivity contribution >= 4 is 28.9 Å². The molecule has 2 saturated carbocycles. The van der Waals surface area contributed by atoms with E-state index in [1.165, 1.54) is 11.3 Å². The number of carbonyl (C=O) groups is 1. The van der Waals surface area contributed by atoms with Crippen molar-refractivity contribution in [3.8, 4) is 0 Å². The summed E-state index contributed by atoms with van der Waals surface area (Å²) in [5, 5.41) is 30.2. The van der Waals surface area contributed by atoms with Crippen LogP contribution in [0.5, 0.6) is 0 Å². The number of aliphatic hydroxyl groups excluding tert-OH is 2. The van der Waals surface area contributed by atoms with E-state index in [0.29, 0.717) is 31.6 Å². The second-order valence-electron chi connectivity index (χ2n) is 9.32. The van der Waals surface area contributed by atoms with E-state index < -0.39 is 24.3 Å². The smallest absolute Gasteiger partial charge is 0.303 e. The van der Waals surface area contributed by atoms with E-state index >= 15 is 0 Å². The maximum Gasteiger partial charge on any atom is 0.303 e. The summed E-state index contributed by atoms with van der Waals surface area (Å²) in [7, 11) is 0. The third-order valence-corrected chi connectivity index (χ3v) is 8.85. The molecule has 0 aromatic carbocycles. The van der Waals surface area contributed by atoms with Crippen LogP contribution in [-0.2, 0) is 10.2 Å². The van der Waals surface area contributed by atoms with Gasteiger partial charge in [-0.1, -0.05) is 42.8 Å². The van der Waals surface area contributed by atoms with Crippen molar-refractivity contribution in [2.45, 2.75) is 82.1 Å². The summed E-state index contributed by atoms with van der Waals surface area (Å²) in [6, 6.07) is 3.90. The second kappa shape index (κ2) is 11.3. The van der Waals surface area contributed by atoms with E-state index in [1.54, 1.807) is 0 Å². The Hall–Kier alpha value is -1.21. The number of allylic oxidation sites excluding steroid dienone is 2. The first-order chi connectivity index (χ1) is 15.3. The van der Waals surface area contributed by atoms with Gasteiger partial charge in [-0.05, 0) is 56.6 Å². The lowest BCUT2D eigenvalue weighted by Crippen LogP contribution is -2.51. The maximum absolute atomic E-state index is 14.5. The number of alkyl halides is 1. The van der Waals surface area contributed by atoms with Gasteiger partial charge in [-0.15, -0.1) is 11.3 Å². The average molecular weight is 485 g/mol. The summed E-state index contributed by atoms with van der Waals surface area (Å²) in [6.45, 7) is 2.16. The summed E-state index contributed by atoms with van der Waals surface area (Å²) >= 11 is 7.68. The normalized spacial score (nSPS) is 33.7. The molecule has 7 atom stereocenters. The molecule has 2 aliphatic carbocycles. The maximum atomic E-state index is 14.5. The predicted octanol–water partition coefficient (Wildman–Crippen LogP) is 5.91. The van der Waals surface area contributed by atoms with Crippen LogP contribution in [0.1, 0.15) is 63.2 Å². The molecule has 178 valence electrons. The zero-order chi connectivity index (χ0) is 23.3. The van der Waals surface area contributed by atoms with Gasteiger partial charge in [0, 0.05) is 35.0 Å². The third-order valence-electron chi connectivity index (χ3n) is 7.42. The minimum absolute atomic E-state index is 0.129. The first-order valence-electron chi connectivity index (χ1n) is 11.5. The van der Waals surface area contributed by atoms with Gasteiger partial charge in [0.2, 0.25) is 0 Å². The van der Waals surface area contributed by atoms with Crippen molar-refractivity contribution < 1.29 is 24.5 Å². The van der Waals surface area contributed by atoms with Gasteiger partial charge in [0.25, 0.3) is 0 Å². The quantitative estimate of drug-likeness (QED) is 0.269. The van der Waals surface area contributed by atoms with Crippen LogP contribution in [0, 0.1) is 17.8 Å². The SMILES string of the molecule is CC1CCC1(c1ccc(Cl)s1)C(O)C/C=C/[C@H]1[C@H](O)CC(F)[C@@H]1C/C=C\CCCC(=O)O. The van der Waals surface area contributed by atoms with Gasteiger partial charge in [-0.3, -0.25) is 4.79 Å². The molecule has 0 aliphatic heterocycles. The van der Waals surface area contributed by atoms with Gasteiger partial charge in [0.15, 0.2) is 0 Å². The summed E-state index contributed by atoms with van der Waals surface area (Å²) in [4.78, 5) is 11.7. The number of hydrogen-bond acceptors (Lipinski definition) is 4. The Morgan fingerprint density at radius 3 is 2.75 bits per heavy atom. The lowest BCUT2D eigenvalue weighted by molar-refractivity contribution is -0.137. The topological polar surface area (TPSA) is 77.8 Å². The fourth-order valence-corrected chi connectivity index (χ4v) is 6.74. The van der Waals surface area contributed by atoms with E-state index in [9.17, 15) is 19.4 Å². The molecule has 2 fully saturated rings. The molecular formula is C25H34ClFO4S. The van der Waals surface area contributed by atoms with Crippen molar-refractivity contribution in [1.82, 2.24) is 0 Å². The van der Waals surface area contributed by atoms with Gasteiger partial charge in [-0.25, -0.2) is 4.39 Å². The summed E-state index contributed by atoms with van der Waals surface area (Å²) in [5.41, 5.74) is -0.281. The minimum Gasteiger partial charge on any atom is -0.481 e. The highest BCUT2D eigenvalue weighted by Gasteiger charge is 2.51. The number of aliphatic carboxylic acids is 1. The Morgan fingerprint density at radius 1 is 1.38 bits per heavy atom. The van der Waals surface area contributed by atoms with Gasteiger partial charge in [-0.2, -0.15) is 0 Å². The van der Waals surface area contributed by atoms with Crippen molar-refractivity contribution in [3.05, 3.63) is 45.7 Å². The van der Waals surface area contributed by atoms with E-state index in [1.807, 2.05) is 36.4 Å². The van der Waals surface area contributed by atoms with Gasteiger partial charge in [0.1, 0.15) is 6.17 Å². The second-order valence-corrected chi connectivity index (χ2v) is 11.0. The van der Waals surface area contributed by atoms with Crippen molar-refractivity contribution in [2.24, 2.45) is 17.8 Å². The molecule has 0 spiro atoms. The number of carboxylic acid groups (broad SMARTS) is 1. The highest BCUT2D eigenvalue weighted by Crippen LogP contribution is 2.54. The molecule has 3 N–H and O–H groups in total. The van der Waals surface area contributed by atoms with E-state index in [-0.39, 0.29) is 30.1 Å². The molecule has 1 heterocycles. The first-order valence-corrected chi connectivity index (χ1v) is 12.7. The van der Waals surface area contributed by atoms with Gasteiger partial charge >= 0.3 is 5.97 Å². The van der Waals surface area contributed by atoms with Crippen LogP contribution in [-0.4, -0.2) is 39.7 Å². The Bertz CT molecular complexity index is 825. The zero-order valence-corrected chi connectivity index (χ0v) is 20.1. The monoisotopic (exact) mass is 484 g/mol. The van der Waals surface area contributed by atoms with E-state index in [0.717, 1.165) is 22.1 Å². The molecule has 1 aromatic rings. The summed E-state index contributed by atoms with van der Waals surface area (Å²) in [5.74, 6) is -1.03. The lowest BCUT2D eigenvalue weighted by atomic mass is 9.56. The molecule has 1 aromatic heterocycles. The number of unbranched alkanes of at least 4 members (excludes halogenated alkanes) is 1. The average Bonchev–Trinajstić information content (AvgIpc) is 3.26.